The predicted molar refractivity (Wildman–Crippen MR) is 85.6 cm³/mol. The van der Waals surface area contributed by atoms with E-state index in [2.05, 4.69) is 34.0 Å². The molecule has 0 aromatic carbocycles. The molecule has 5 nitrogen and oxygen atoms in total. The first-order chi connectivity index (χ1) is 10.1. The molecule has 1 aromatic rings. The van der Waals surface area contributed by atoms with Crippen LogP contribution in [0.5, 0.6) is 0 Å². The minimum Gasteiger partial charge on any atom is -0.395 e. The van der Waals surface area contributed by atoms with Crippen LogP contribution in [-0.4, -0.2) is 52.3 Å². The van der Waals surface area contributed by atoms with Gasteiger partial charge in [0, 0.05) is 30.9 Å². The summed E-state index contributed by atoms with van der Waals surface area (Å²) in [5.41, 5.74) is 1.08. The van der Waals surface area contributed by atoms with Gasteiger partial charge in [0.05, 0.1) is 6.61 Å². The Balaban J connectivity index is 1.88. The molecular formula is C16H28N4O. The largest absolute Gasteiger partial charge is 0.395 e. The topological polar surface area (TPSA) is 61.3 Å². The summed E-state index contributed by atoms with van der Waals surface area (Å²) in [6, 6.07) is 2.37. The maximum Gasteiger partial charge on any atom is 0.129 e. The zero-order valence-corrected chi connectivity index (χ0v) is 13.5. The van der Waals surface area contributed by atoms with Crippen molar-refractivity contribution in [2.75, 3.05) is 31.6 Å². The van der Waals surface area contributed by atoms with Gasteiger partial charge in [-0.2, -0.15) is 0 Å². The van der Waals surface area contributed by atoms with Gasteiger partial charge in [0.2, 0.25) is 0 Å². The van der Waals surface area contributed by atoms with Crippen molar-refractivity contribution in [3.63, 3.8) is 0 Å². The third kappa shape index (κ3) is 4.64. The normalized spacial score (nSPS) is 20.0. The fraction of sp³-hybridized carbons (Fsp3) is 0.750. The summed E-state index contributed by atoms with van der Waals surface area (Å²) in [6.07, 6.45) is 3.58. The molecule has 0 unspecified atom stereocenters. The number of hydrogen-bond acceptors (Lipinski definition) is 5. The van der Waals surface area contributed by atoms with E-state index in [9.17, 15) is 5.11 Å². The lowest BCUT2D eigenvalue weighted by Gasteiger charge is -2.34. The van der Waals surface area contributed by atoms with Gasteiger partial charge >= 0.3 is 0 Å². The Morgan fingerprint density at radius 2 is 2.19 bits per heavy atom. The first-order valence-electron chi connectivity index (χ1n) is 8.04. The lowest BCUT2D eigenvalue weighted by molar-refractivity contribution is 0.0940. The Kier molecular flexibility index (Phi) is 5.94. The maximum absolute atomic E-state index is 9.43. The number of likely N-dealkylation sites (tertiary alicyclic amines) is 1. The molecule has 2 rings (SSSR count). The molecule has 5 heteroatoms. The van der Waals surface area contributed by atoms with Crippen LogP contribution in [0, 0.1) is 6.92 Å². The summed E-state index contributed by atoms with van der Waals surface area (Å²) in [4.78, 5) is 11.3. The number of aliphatic hydroxyl groups is 1. The zero-order valence-electron chi connectivity index (χ0n) is 13.5. The van der Waals surface area contributed by atoms with E-state index in [1.54, 1.807) is 0 Å². The molecule has 2 N–H and O–H groups in total. The van der Waals surface area contributed by atoms with Crippen molar-refractivity contribution in [2.24, 2.45) is 0 Å². The van der Waals surface area contributed by atoms with E-state index in [1.807, 2.05) is 13.0 Å². The zero-order chi connectivity index (χ0) is 15.2. The van der Waals surface area contributed by atoms with Crippen molar-refractivity contribution in [3.8, 4) is 0 Å². The van der Waals surface area contributed by atoms with Crippen molar-refractivity contribution < 1.29 is 5.11 Å². The third-order valence-electron chi connectivity index (χ3n) is 4.11. The number of nitrogens with one attached hydrogen (secondary N) is 1. The van der Waals surface area contributed by atoms with Crippen molar-refractivity contribution in [1.82, 2.24) is 14.9 Å². The molecule has 0 saturated carbocycles. The van der Waals surface area contributed by atoms with Crippen LogP contribution >= 0.6 is 0 Å². The lowest BCUT2D eigenvalue weighted by Crippen LogP contribution is -2.44. The van der Waals surface area contributed by atoms with E-state index in [0.29, 0.717) is 12.0 Å². The van der Waals surface area contributed by atoms with E-state index in [-0.39, 0.29) is 6.61 Å². The van der Waals surface area contributed by atoms with Gasteiger partial charge in [0.25, 0.3) is 0 Å². The second-order valence-corrected chi connectivity index (χ2v) is 6.17. The Bertz CT molecular complexity index is 450. The second-order valence-electron chi connectivity index (χ2n) is 6.17. The number of aromatic nitrogens is 2. The minimum atomic E-state index is 0.268. The second kappa shape index (κ2) is 7.71. The molecule has 0 spiro atoms. The fourth-order valence-electron chi connectivity index (χ4n) is 2.87. The van der Waals surface area contributed by atoms with Gasteiger partial charge in [-0.1, -0.05) is 20.3 Å². The molecule has 1 saturated heterocycles. The molecule has 0 radical (unpaired) electrons. The molecule has 21 heavy (non-hydrogen) atoms. The molecule has 1 atom stereocenters. The third-order valence-corrected chi connectivity index (χ3v) is 4.11. The van der Waals surface area contributed by atoms with Crippen molar-refractivity contribution in [1.29, 1.82) is 0 Å². The van der Waals surface area contributed by atoms with Crippen molar-refractivity contribution >= 4 is 5.82 Å². The Labute approximate surface area is 127 Å². The number of anilines is 1. The van der Waals surface area contributed by atoms with Crippen LogP contribution in [0.15, 0.2) is 6.07 Å². The smallest absolute Gasteiger partial charge is 0.129 e. The van der Waals surface area contributed by atoms with Gasteiger partial charge < -0.3 is 10.4 Å². The van der Waals surface area contributed by atoms with Crippen LogP contribution in [0.25, 0.3) is 0 Å². The molecule has 1 fully saturated rings. The summed E-state index contributed by atoms with van der Waals surface area (Å²) >= 11 is 0. The summed E-state index contributed by atoms with van der Waals surface area (Å²) in [5, 5.41) is 12.8. The fourth-order valence-corrected chi connectivity index (χ4v) is 2.87. The summed E-state index contributed by atoms with van der Waals surface area (Å²) < 4.78 is 0. The van der Waals surface area contributed by atoms with Gasteiger partial charge in [-0.3, -0.25) is 4.90 Å². The van der Waals surface area contributed by atoms with E-state index >= 15 is 0 Å². The van der Waals surface area contributed by atoms with Gasteiger partial charge in [0.15, 0.2) is 0 Å². The number of nitrogens with zero attached hydrogens (tertiary/aromatic N) is 3. The quantitative estimate of drug-likeness (QED) is 0.841. The van der Waals surface area contributed by atoms with E-state index in [0.717, 1.165) is 43.4 Å². The number of rotatable bonds is 6. The molecule has 1 aliphatic heterocycles. The lowest BCUT2D eigenvalue weighted by atomic mass is 10.0. The highest BCUT2D eigenvalue weighted by molar-refractivity contribution is 5.36. The van der Waals surface area contributed by atoms with Crippen LogP contribution in [0.4, 0.5) is 5.82 Å². The number of piperidine rings is 1. The molecule has 1 aliphatic rings. The average Bonchev–Trinajstić information content (AvgIpc) is 2.47. The molecule has 1 aromatic heterocycles. The summed E-state index contributed by atoms with van der Waals surface area (Å²) in [7, 11) is 0. The maximum atomic E-state index is 9.43. The van der Waals surface area contributed by atoms with Crippen LogP contribution in [0.1, 0.15) is 50.5 Å². The Morgan fingerprint density at radius 1 is 1.38 bits per heavy atom. The number of aliphatic hydroxyl groups excluding tert-OH is 1. The van der Waals surface area contributed by atoms with Crippen LogP contribution in [-0.2, 0) is 0 Å². The Hall–Kier alpha value is -1.20. The van der Waals surface area contributed by atoms with E-state index in [1.165, 1.54) is 12.8 Å². The Morgan fingerprint density at radius 3 is 2.90 bits per heavy atom. The molecule has 0 bridgehead atoms. The minimum absolute atomic E-state index is 0.268. The summed E-state index contributed by atoms with van der Waals surface area (Å²) in [5.74, 6) is 2.13. The van der Waals surface area contributed by atoms with Gasteiger partial charge in [-0.25, -0.2) is 9.97 Å². The van der Waals surface area contributed by atoms with E-state index < -0.39 is 0 Å². The van der Waals surface area contributed by atoms with Crippen LogP contribution < -0.4 is 5.32 Å². The van der Waals surface area contributed by atoms with Crippen molar-refractivity contribution in [2.45, 2.75) is 52.0 Å². The number of hydrogen-bond donors (Lipinski definition) is 2. The average molecular weight is 292 g/mol. The molecule has 118 valence electrons. The first kappa shape index (κ1) is 16.2. The monoisotopic (exact) mass is 292 g/mol. The van der Waals surface area contributed by atoms with Gasteiger partial charge in [-0.05, 0) is 32.2 Å². The highest BCUT2D eigenvalue weighted by Gasteiger charge is 2.20. The SMILES string of the molecule is Cc1nc(NCCN2CCCC[C@@H]2CO)cc(C(C)C)n1. The molecule has 2 heterocycles. The van der Waals surface area contributed by atoms with Gasteiger partial charge in [0.1, 0.15) is 11.6 Å². The van der Waals surface area contributed by atoms with Crippen LogP contribution in [0.3, 0.4) is 0 Å². The molecule has 0 aliphatic carbocycles. The predicted octanol–water partition coefficient (Wildman–Crippen LogP) is 2.17. The molecular weight excluding hydrogens is 264 g/mol. The van der Waals surface area contributed by atoms with Crippen molar-refractivity contribution in [3.05, 3.63) is 17.6 Å². The standard InChI is InChI=1S/C16H28N4O/c1-12(2)15-10-16(19-13(3)18-15)17-7-9-20-8-5-4-6-14(20)11-21/h10,12,14,21H,4-9,11H2,1-3H3,(H,17,18,19)/t14-/m1/s1. The first-order valence-corrected chi connectivity index (χ1v) is 8.04. The highest BCUT2D eigenvalue weighted by atomic mass is 16.3. The molecule has 0 amide bonds. The van der Waals surface area contributed by atoms with Gasteiger partial charge in [-0.15, -0.1) is 0 Å². The van der Waals surface area contributed by atoms with E-state index in [4.69, 9.17) is 0 Å². The summed E-state index contributed by atoms with van der Waals surface area (Å²) in [6.45, 7) is 9.38. The van der Waals surface area contributed by atoms with Crippen LogP contribution in [0.2, 0.25) is 0 Å². The highest BCUT2D eigenvalue weighted by Crippen LogP contribution is 2.17. The number of aryl methyl sites for hydroxylation is 1.